The van der Waals surface area contributed by atoms with Crippen LogP contribution in [0.15, 0.2) is 0 Å². The third-order valence-corrected chi connectivity index (χ3v) is 2.39. The van der Waals surface area contributed by atoms with Crippen LogP contribution in [0, 0.1) is 11.8 Å². The Morgan fingerprint density at radius 2 is 1.06 bits per heavy atom. The Labute approximate surface area is 97.9 Å². The zero-order valence-electron chi connectivity index (χ0n) is 10.6. The van der Waals surface area contributed by atoms with Gasteiger partial charge in [0.2, 0.25) is 0 Å². The van der Waals surface area contributed by atoms with E-state index < -0.39 is 18.6 Å². The number of hydrogen-bond acceptors (Lipinski definition) is 5. The summed E-state index contributed by atoms with van der Waals surface area (Å²) < 4.78 is 0. The molecule has 0 heterocycles. The zero-order chi connectivity index (χ0) is 12.7. The maximum atomic E-state index is 9.56. The summed E-state index contributed by atoms with van der Waals surface area (Å²) >= 11 is 0. The molecule has 0 aromatic heterocycles. The molecule has 0 aliphatic rings. The van der Waals surface area contributed by atoms with Crippen molar-refractivity contribution in [3.8, 4) is 0 Å². The van der Waals surface area contributed by atoms with Crippen LogP contribution in [-0.4, -0.2) is 47.0 Å². The molecule has 0 saturated heterocycles. The van der Waals surface area contributed by atoms with Gasteiger partial charge in [-0.25, -0.2) is 0 Å². The molecule has 5 heteroatoms. The Hall–Kier alpha value is -0.200. The van der Waals surface area contributed by atoms with Gasteiger partial charge in [0.1, 0.15) is 12.5 Å². The van der Waals surface area contributed by atoms with Gasteiger partial charge in [0.25, 0.3) is 0 Å². The third-order valence-electron chi connectivity index (χ3n) is 2.39. The molecule has 0 aromatic carbocycles. The lowest BCUT2D eigenvalue weighted by atomic mass is 10.2. The predicted molar refractivity (Wildman–Crippen MR) is 63.7 cm³/mol. The molecule has 0 bridgehead atoms. The monoisotopic (exact) mass is 234 g/mol. The molecule has 0 aliphatic carbocycles. The Kier molecular flexibility index (Phi) is 7.87. The van der Waals surface area contributed by atoms with E-state index in [1.807, 2.05) is 27.7 Å². The van der Waals surface area contributed by atoms with E-state index in [4.69, 9.17) is 0 Å². The van der Waals surface area contributed by atoms with E-state index in [-0.39, 0.29) is 11.8 Å². The van der Waals surface area contributed by atoms with Crippen molar-refractivity contribution < 1.29 is 15.3 Å². The van der Waals surface area contributed by atoms with Crippen molar-refractivity contribution in [3.05, 3.63) is 0 Å². The van der Waals surface area contributed by atoms with Crippen LogP contribution in [0.5, 0.6) is 0 Å². The van der Waals surface area contributed by atoms with Crippen LogP contribution in [0.25, 0.3) is 0 Å². The Balaban J connectivity index is 3.63. The Morgan fingerprint density at radius 3 is 1.31 bits per heavy atom. The minimum atomic E-state index is -0.623. The summed E-state index contributed by atoms with van der Waals surface area (Å²) in [6, 6.07) is 0. The normalized spacial score (nSPS) is 17.8. The summed E-state index contributed by atoms with van der Waals surface area (Å²) in [4.78, 5) is 0. The van der Waals surface area contributed by atoms with Crippen molar-refractivity contribution in [2.24, 2.45) is 11.8 Å². The molecule has 2 unspecified atom stereocenters. The van der Waals surface area contributed by atoms with Crippen LogP contribution in [0.4, 0.5) is 0 Å². The smallest absolute Gasteiger partial charge is 0.107 e. The standard InChI is InChI=1S/C11H26N2O3/c1-7(2)10(15)12-5-9(14)6-13-11(16)8(3)4/h7-16H,5-6H2,1-4H3. The minimum Gasteiger partial charge on any atom is -0.390 e. The maximum Gasteiger partial charge on any atom is 0.107 e. The fourth-order valence-corrected chi connectivity index (χ4v) is 1.06. The molecule has 0 spiro atoms. The van der Waals surface area contributed by atoms with Crippen LogP contribution in [0.2, 0.25) is 0 Å². The first kappa shape index (κ1) is 15.8. The van der Waals surface area contributed by atoms with Gasteiger partial charge in [-0.3, -0.25) is 10.6 Å². The van der Waals surface area contributed by atoms with E-state index in [0.717, 1.165) is 0 Å². The van der Waals surface area contributed by atoms with E-state index >= 15 is 0 Å². The molecule has 16 heavy (non-hydrogen) atoms. The highest BCUT2D eigenvalue weighted by Crippen LogP contribution is 1.98. The van der Waals surface area contributed by atoms with Crippen LogP contribution >= 0.6 is 0 Å². The van der Waals surface area contributed by atoms with Crippen LogP contribution in [0.3, 0.4) is 0 Å². The third kappa shape index (κ3) is 7.14. The van der Waals surface area contributed by atoms with Crippen molar-refractivity contribution in [1.29, 1.82) is 0 Å². The summed E-state index contributed by atoms with van der Waals surface area (Å²) in [5.41, 5.74) is 0. The largest absolute Gasteiger partial charge is 0.390 e. The molecule has 0 aliphatic heterocycles. The van der Waals surface area contributed by atoms with E-state index in [0.29, 0.717) is 13.1 Å². The minimum absolute atomic E-state index is 0.112. The van der Waals surface area contributed by atoms with Crippen LogP contribution in [0.1, 0.15) is 27.7 Å². The lowest BCUT2D eigenvalue weighted by molar-refractivity contribution is 0.0507. The maximum absolute atomic E-state index is 9.56. The molecule has 98 valence electrons. The SMILES string of the molecule is CC(C)C(O)NCC(O)CNC(O)C(C)C. The number of nitrogens with one attached hydrogen (secondary N) is 2. The number of rotatable bonds is 8. The molecule has 0 amide bonds. The molecule has 0 radical (unpaired) electrons. The van der Waals surface area contributed by atoms with Gasteiger partial charge < -0.3 is 15.3 Å². The van der Waals surface area contributed by atoms with Crippen LogP contribution in [-0.2, 0) is 0 Å². The first-order valence-electron chi connectivity index (χ1n) is 5.85. The van der Waals surface area contributed by atoms with Gasteiger partial charge in [-0.05, 0) is 11.8 Å². The highest BCUT2D eigenvalue weighted by molar-refractivity contribution is 4.67. The summed E-state index contributed by atoms with van der Waals surface area (Å²) in [6.07, 6.45) is -1.84. The predicted octanol–water partition coefficient (Wildman–Crippen LogP) is -0.525. The Morgan fingerprint density at radius 1 is 0.750 bits per heavy atom. The van der Waals surface area contributed by atoms with Gasteiger partial charge in [-0.2, -0.15) is 0 Å². The molecule has 0 rings (SSSR count). The van der Waals surface area contributed by atoms with Crippen molar-refractivity contribution >= 4 is 0 Å². The second-order valence-corrected chi connectivity index (χ2v) is 4.85. The van der Waals surface area contributed by atoms with Crippen molar-refractivity contribution in [2.45, 2.75) is 46.3 Å². The van der Waals surface area contributed by atoms with E-state index in [1.165, 1.54) is 0 Å². The first-order valence-corrected chi connectivity index (χ1v) is 5.85. The molecule has 0 fully saturated rings. The molecule has 2 atom stereocenters. The quantitative estimate of drug-likeness (QED) is 0.365. The van der Waals surface area contributed by atoms with Gasteiger partial charge >= 0.3 is 0 Å². The Bertz CT molecular complexity index is 159. The fraction of sp³-hybridized carbons (Fsp3) is 1.00. The summed E-state index contributed by atoms with van der Waals surface area (Å²) in [5.74, 6) is 0.225. The van der Waals surface area contributed by atoms with Gasteiger partial charge in [-0.1, -0.05) is 27.7 Å². The van der Waals surface area contributed by atoms with Gasteiger partial charge in [0.05, 0.1) is 6.10 Å². The second-order valence-electron chi connectivity index (χ2n) is 4.85. The lowest BCUT2D eigenvalue weighted by Crippen LogP contribution is -2.45. The molecular formula is C11H26N2O3. The average molecular weight is 234 g/mol. The van der Waals surface area contributed by atoms with Crippen molar-refractivity contribution in [2.75, 3.05) is 13.1 Å². The van der Waals surface area contributed by atoms with E-state index in [2.05, 4.69) is 10.6 Å². The van der Waals surface area contributed by atoms with E-state index in [9.17, 15) is 15.3 Å². The van der Waals surface area contributed by atoms with E-state index in [1.54, 1.807) is 0 Å². The van der Waals surface area contributed by atoms with Crippen LogP contribution < -0.4 is 10.6 Å². The topological polar surface area (TPSA) is 84.8 Å². The highest BCUT2D eigenvalue weighted by atomic mass is 16.3. The first-order chi connectivity index (χ1) is 7.34. The number of hydrogen-bond donors (Lipinski definition) is 5. The van der Waals surface area contributed by atoms with Crippen molar-refractivity contribution in [3.63, 3.8) is 0 Å². The second kappa shape index (κ2) is 7.97. The highest BCUT2D eigenvalue weighted by Gasteiger charge is 2.13. The fourth-order valence-electron chi connectivity index (χ4n) is 1.06. The van der Waals surface area contributed by atoms with Gasteiger partial charge in [-0.15, -0.1) is 0 Å². The summed E-state index contributed by atoms with van der Waals surface area (Å²) in [5, 5.41) is 34.1. The molecule has 0 aromatic rings. The van der Waals surface area contributed by atoms with Gasteiger partial charge in [0.15, 0.2) is 0 Å². The molecule has 5 N–H and O–H groups in total. The molecule has 0 saturated carbocycles. The summed E-state index contributed by atoms with van der Waals surface area (Å²) in [7, 11) is 0. The van der Waals surface area contributed by atoms with Crippen molar-refractivity contribution in [1.82, 2.24) is 10.6 Å². The number of aliphatic hydroxyl groups excluding tert-OH is 3. The average Bonchev–Trinajstić information content (AvgIpc) is 2.21. The number of aliphatic hydroxyl groups is 3. The zero-order valence-corrected chi connectivity index (χ0v) is 10.6. The molecule has 5 nitrogen and oxygen atoms in total. The summed E-state index contributed by atoms with van der Waals surface area (Å²) in [6.45, 7) is 8.18. The van der Waals surface area contributed by atoms with Gasteiger partial charge in [0, 0.05) is 13.1 Å². The molecular weight excluding hydrogens is 208 g/mol. The lowest BCUT2D eigenvalue weighted by Gasteiger charge is -2.21.